The van der Waals surface area contributed by atoms with Gasteiger partial charge in [-0.05, 0) is 48.2 Å². The molecular weight excluding hydrogens is 370 g/mol. The van der Waals surface area contributed by atoms with Crippen molar-refractivity contribution in [1.82, 2.24) is 4.90 Å². The number of rotatable bonds is 2. The lowest BCUT2D eigenvalue weighted by Crippen LogP contribution is -2.48. The fourth-order valence-electron chi connectivity index (χ4n) is 5.74. The lowest BCUT2D eigenvalue weighted by atomic mass is 9.68. The molecule has 6 heteroatoms. The third-order valence-electron chi connectivity index (χ3n) is 6.56. The molecule has 4 atom stereocenters. The molecule has 3 heterocycles. The summed E-state index contributed by atoms with van der Waals surface area (Å²) in [7, 11) is -1.43. The molecule has 5 nitrogen and oxygen atoms in total. The second-order valence-electron chi connectivity index (χ2n) is 9.71. The topological polar surface area (TPSA) is 48.0 Å². The maximum absolute atomic E-state index is 11.9. The van der Waals surface area contributed by atoms with Crippen LogP contribution < -0.4 is 9.47 Å². The molecule has 0 N–H and O–H groups in total. The first-order chi connectivity index (χ1) is 13.3. The molecule has 1 saturated carbocycles. The highest BCUT2D eigenvalue weighted by molar-refractivity contribution is 6.81. The number of carbonyl (C=O) groups is 1. The monoisotopic (exact) mass is 399 g/mol. The standard InChI is InChI=1S/C22H29NO4Si/c1-13(24)27-19-9-17-16-8-21-20(25-12-26-21)7-14(16)10-23-6-5-15(22(17)23)18(19)11-28(2,3)4/h7-8,11,15,17,19,22H,5-6,9-10,12H2,1-4H3/b18-11+/t15-,17+,19-,22-/m0/s1. The van der Waals surface area contributed by atoms with E-state index in [9.17, 15) is 4.79 Å². The second kappa shape index (κ2) is 6.36. The summed E-state index contributed by atoms with van der Waals surface area (Å²) in [6.45, 7) is 11.0. The quantitative estimate of drug-likeness (QED) is 0.559. The molecule has 4 aliphatic rings. The van der Waals surface area contributed by atoms with E-state index in [1.807, 2.05) is 0 Å². The lowest BCUT2D eigenvalue weighted by Gasteiger charge is -2.47. The average molecular weight is 400 g/mol. The van der Waals surface area contributed by atoms with Gasteiger partial charge < -0.3 is 14.2 Å². The summed E-state index contributed by atoms with van der Waals surface area (Å²) >= 11 is 0. The fraction of sp³-hybridized carbons (Fsp3) is 0.591. The van der Waals surface area contributed by atoms with E-state index in [2.05, 4.69) is 42.4 Å². The molecule has 0 unspecified atom stereocenters. The van der Waals surface area contributed by atoms with Crippen molar-refractivity contribution in [3.63, 3.8) is 0 Å². The van der Waals surface area contributed by atoms with Gasteiger partial charge in [0.1, 0.15) is 6.10 Å². The molecule has 28 heavy (non-hydrogen) atoms. The summed E-state index contributed by atoms with van der Waals surface area (Å²) in [5.74, 6) is 2.39. The molecule has 0 spiro atoms. The Bertz CT molecular complexity index is 859. The Morgan fingerprint density at radius 2 is 1.96 bits per heavy atom. The van der Waals surface area contributed by atoms with Gasteiger partial charge in [0.2, 0.25) is 6.79 Å². The highest BCUT2D eigenvalue weighted by Crippen LogP contribution is 2.53. The lowest BCUT2D eigenvalue weighted by molar-refractivity contribution is -0.146. The van der Waals surface area contributed by atoms with Gasteiger partial charge in [0.15, 0.2) is 11.5 Å². The molecule has 1 saturated heterocycles. The molecule has 5 rings (SSSR count). The van der Waals surface area contributed by atoms with E-state index in [0.717, 1.165) is 37.4 Å². The Hall–Kier alpha value is -1.79. The summed E-state index contributed by atoms with van der Waals surface area (Å²) in [6.07, 6.45) is 1.91. The molecule has 1 aromatic rings. The van der Waals surface area contributed by atoms with Crippen LogP contribution in [0.15, 0.2) is 23.4 Å². The molecule has 2 fully saturated rings. The van der Waals surface area contributed by atoms with Gasteiger partial charge in [-0.25, -0.2) is 0 Å². The third kappa shape index (κ3) is 2.97. The number of ether oxygens (including phenoxy) is 3. The molecule has 1 aliphatic carbocycles. The first-order valence-electron chi connectivity index (χ1n) is 10.4. The van der Waals surface area contributed by atoms with Crippen molar-refractivity contribution in [3.8, 4) is 11.5 Å². The van der Waals surface area contributed by atoms with Gasteiger partial charge in [0, 0.05) is 31.3 Å². The van der Waals surface area contributed by atoms with Crippen molar-refractivity contribution < 1.29 is 19.0 Å². The SMILES string of the molecule is CC(=O)O[C@H]1C[C@@H]2c3cc4c(cc3CN3CC[C@@H](/C1=C\[Si](C)(C)C)[C@@H]23)OCO4. The summed E-state index contributed by atoms with van der Waals surface area (Å²) in [5, 5.41) is 0. The zero-order valence-electron chi connectivity index (χ0n) is 17.2. The van der Waals surface area contributed by atoms with Gasteiger partial charge in [-0.3, -0.25) is 9.69 Å². The van der Waals surface area contributed by atoms with E-state index in [-0.39, 0.29) is 12.1 Å². The minimum absolute atomic E-state index is 0.105. The smallest absolute Gasteiger partial charge is 0.303 e. The molecule has 3 aliphatic heterocycles. The Labute approximate surface area is 167 Å². The van der Waals surface area contributed by atoms with Gasteiger partial charge in [-0.2, -0.15) is 0 Å². The predicted octanol–water partition coefficient (Wildman–Crippen LogP) is 3.84. The first kappa shape index (κ1) is 18.2. The van der Waals surface area contributed by atoms with Crippen LogP contribution in [0.4, 0.5) is 0 Å². The van der Waals surface area contributed by atoms with E-state index in [1.165, 1.54) is 23.6 Å². The van der Waals surface area contributed by atoms with Crippen LogP contribution in [-0.2, 0) is 16.1 Å². The predicted molar refractivity (Wildman–Crippen MR) is 109 cm³/mol. The summed E-state index contributed by atoms with van der Waals surface area (Å²) in [6, 6.07) is 4.85. The Kier molecular flexibility index (Phi) is 4.14. The molecular formula is C22H29NO4Si. The van der Waals surface area contributed by atoms with Gasteiger partial charge in [0.25, 0.3) is 0 Å². The highest BCUT2D eigenvalue weighted by Gasteiger charge is 2.51. The number of benzene rings is 1. The Morgan fingerprint density at radius 1 is 1.21 bits per heavy atom. The van der Waals surface area contributed by atoms with Crippen LogP contribution in [-0.4, -0.2) is 44.4 Å². The number of carbonyl (C=O) groups excluding carboxylic acids is 1. The van der Waals surface area contributed by atoms with Crippen LogP contribution in [0.3, 0.4) is 0 Å². The van der Waals surface area contributed by atoms with E-state index in [1.54, 1.807) is 0 Å². The fourth-order valence-corrected chi connectivity index (χ4v) is 7.14. The van der Waals surface area contributed by atoms with Crippen LogP contribution >= 0.6 is 0 Å². The minimum Gasteiger partial charge on any atom is -0.458 e. The summed E-state index contributed by atoms with van der Waals surface area (Å²) < 4.78 is 17.2. The molecule has 1 aromatic carbocycles. The molecule has 0 radical (unpaired) electrons. The Balaban J connectivity index is 1.59. The Morgan fingerprint density at radius 3 is 2.68 bits per heavy atom. The normalized spacial score (nSPS) is 32.2. The van der Waals surface area contributed by atoms with Crippen molar-refractivity contribution in [3.05, 3.63) is 34.5 Å². The molecule has 0 amide bonds. The maximum atomic E-state index is 11.9. The van der Waals surface area contributed by atoms with Gasteiger partial charge in [0.05, 0.1) is 8.07 Å². The van der Waals surface area contributed by atoms with Crippen molar-refractivity contribution >= 4 is 14.0 Å². The zero-order valence-corrected chi connectivity index (χ0v) is 18.2. The third-order valence-corrected chi connectivity index (χ3v) is 7.76. The number of fused-ring (bicyclic) bond motifs is 3. The summed E-state index contributed by atoms with van der Waals surface area (Å²) in [5.41, 5.74) is 6.59. The van der Waals surface area contributed by atoms with E-state index < -0.39 is 8.07 Å². The van der Waals surface area contributed by atoms with Crippen molar-refractivity contribution in [2.24, 2.45) is 5.92 Å². The second-order valence-corrected chi connectivity index (χ2v) is 14.7. The van der Waals surface area contributed by atoms with E-state index in [0.29, 0.717) is 24.7 Å². The van der Waals surface area contributed by atoms with Gasteiger partial charge >= 0.3 is 5.97 Å². The van der Waals surface area contributed by atoms with Crippen LogP contribution in [0.25, 0.3) is 0 Å². The maximum Gasteiger partial charge on any atom is 0.303 e. The van der Waals surface area contributed by atoms with Gasteiger partial charge in [-0.1, -0.05) is 25.3 Å². The summed E-state index contributed by atoms with van der Waals surface area (Å²) in [4.78, 5) is 14.5. The van der Waals surface area contributed by atoms with Crippen LogP contribution in [0, 0.1) is 5.92 Å². The number of hydrogen-bond donors (Lipinski definition) is 0. The first-order valence-corrected chi connectivity index (χ1v) is 13.9. The van der Waals surface area contributed by atoms with Crippen LogP contribution in [0.5, 0.6) is 11.5 Å². The molecule has 0 bridgehead atoms. The number of nitrogens with zero attached hydrogens (tertiary/aromatic N) is 1. The largest absolute Gasteiger partial charge is 0.458 e. The van der Waals surface area contributed by atoms with E-state index >= 15 is 0 Å². The highest BCUT2D eigenvalue weighted by atomic mass is 28.3. The van der Waals surface area contributed by atoms with Crippen LogP contribution in [0.1, 0.15) is 36.8 Å². The molecule has 0 aromatic heterocycles. The van der Waals surface area contributed by atoms with E-state index in [4.69, 9.17) is 14.2 Å². The number of hydrogen-bond acceptors (Lipinski definition) is 5. The van der Waals surface area contributed by atoms with Crippen LogP contribution in [0.2, 0.25) is 19.6 Å². The average Bonchev–Trinajstić information content (AvgIpc) is 3.22. The van der Waals surface area contributed by atoms with Crippen molar-refractivity contribution in [2.45, 2.75) is 64.0 Å². The van der Waals surface area contributed by atoms with Crippen molar-refractivity contribution in [2.75, 3.05) is 13.3 Å². The van der Waals surface area contributed by atoms with Gasteiger partial charge in [-0.15, -0.1) is 0 Å². The minimum atomic E-state index is -1.43. The zero-order chi connectivity index (χ0) is 19.6. The van der Waals surface area contributed by atoms with Crippen molar-refractivity contribution in [1.29, 1.82) is 0 Å². The number of esters is 1. The molecule has 150 valence electrons.